The van der Waals surface area contributed by atoms with E-state index in [0.717, 1.165) is 27.1 Å². The first-order valence-corrected chi connectivity index (χ1v) is 9.28. The van der Waals surface area contributed by atoms with Gasteiger partial charge < -0.3 is 4.57 Å². The first kappa shape index (κ1) is 19.4. The minimum Gasteiger partial charge on any atom is -0.317 e. The van der Waals surface area contributed by atoms with Crippen molar-refractivity contribution in [3.8, 4) is 5.69 Å². The van der Waals surface area contributed by atoms with Crippen LogP contribution in [0.15, 0.2) is 27.8 Å². The van der Waals surface area contributed by atoms with E-state index < -0.39 is 0 Å². The third kappa shape index (κ3) is 4.60. The van der Waals surface area contributed by atoms with Crippen LogP contribution in [-0.4, -0.2) is 16.7 Å². The second-order valence-electron chi connectivity index (χ2n) is 6.97. The van der Waals surface area contributed by atoms with Crippen LogP contribution < -0.4 is 5.43 Å². The monoisotopic (exact) mass is 403 g/mol. The minimum absolute atomic E-state index is 0.0644. The van der Waals surface area contributed by atoms with Crippen molar-refractivity contribution in [2.45, 2.75) is 48.0 Å². The van der Waals surface area contributed by atoms with Crippen LogP contribution in [0.4, 0.5) is 0 Å². The molecule has 0 fully saturated rings. The van der Waals surface area contributed by atoms with Gasteiger partial charge in [0, 0.05) is 33.5 Å². The molecule has 0 unspecified atom stereocenters. The summed E-state index contributed by atoms with van der Waals surface area (Å²) in [7, 11) is 0. The third-order valence-corrected chi connectivity index (χ3v) is 5.06. The lowest BCUT2D eigenvalue weighted by Gasteiger charge is -2.11. The van der Waals surface area contributed by atoms with Gasteiger partial charge in [-0.15, -0.1) is 0 Å². The fourth-order valence-corrected chi connectivity index (χ4v) is 3.59. The van der Waals surface area contributed by atoms with Crippen LogP contribution in [0.1, 0.15) is 48.3 Å². The highest BCUT2D eigenvalue weighted by atomic mass is 79.9. The molecule has 0 aliphatic heterocycles. The summed E-state index contributed by atoms with van der Waals surface area (Å²) in [4.78, 5) is 11.7. The van der Waals surface area contributed by atoms with Crippen LogP contribution in [0, 0.1) is 33.6 Å². The molecule has 0 spiro atoms. The Bertz CT molecular complexity index is 799. The quantitative estimate of drug-likeness (QED) is 0.555. The number of amides is 1. The molecule has 0 aliphatic carbocycles. The van der Waals surface area contributed by atoms with E-state index in [1.54, 1.807) is 6.21 Å². The molecule has 2 aromatic rings. The number of hydrogen-bond donors (Lipinski definition) is 1. The minimum atomic E-state index is -0.0644. The molecular formula is C20H26BrN3O. The highest BCUT2D eigenvalue weighted by Crippen LogP contribution is 2.30. The van der Waals surface area contributed by atoms with Crippen molar-refractivity contribution < 1.29 is 4.79 Å². The Balaban J connectivity index is 2.34. The van der Waals surface area contributed by atoms with Crippen molar-refractivity contribution in [2.75, 3.05) is 0 Å². The second kappa shape index (κ2) is 8.00. The van der Waals surface area contributed by atoms with Crippen LogP contribution in [0.25, 0.3) is 5.69 Å². The molecule has 1 heterocycles. The molecule has 1 amide bonds. The molecule has 134 valence electrons. The van der Waals surface area contributed by atoms with E-state index in [0.29, 0.717) is 12.3 Å². The molecule has 1 N–H and O–H groups in total. The molecule has 0 bridgehead atoms. The number of nitrogens with one attached hydrogen (secondary N) is 1. The Kier molecular flexibility index (Phi) is 6.22. The SMILES string of the molecule is Cc1cc(C)cc(-n2c(C)c(Br)c(/C=N\NC(=O)CC(C)C)c2C)c1. The van der Waals surface area contributed by atoms with Crippen LogP contribution in [0.5, 0.6) is 0 Å². The summed E-state index contributed by atoms with van der Waals surface area (Å²) in [5.74, 6) is 0.252. The lowest BCUT2D eigenvalue weighted by Crippen LogP contribution is -2.19. The topological polar surface area (TPSA) is 46.4 Å². The lowest BCUT2D eigenvalue weighted by molar-refractivity contribution is -0.121. The van der Waals surface area contributed by atoms with Gasteiger partial charge in [-0.2, -0.15) is 5.10 Å². The first-order chi connectivity index (χ1) is 11.7. The Hall–Kier alpha value is -1.88. The standard InChI is InChI=1S/C20H26BrN3O/c1-12(2)7-19(25)23-22-11-18-15(5)24(16(6)20(18)21)17-9-13(3)8-14(4)10-17/h8-12H,7H2,1-6H3,(H,23,25)/b22-11-. The number of hydrogen-bond acceptors (Lipinski definition) is 2. The van der Waals surface area contributed by atoms with E-state index in [-0.39, 0.29) is 5.91 Å². The van der Waals surface area contributed by atoms with Gasteiger partial charge in [-0.1, -0.05) is 19.9 Å². The zero-order valence-corrected chi connectivity index (χ0v) is 17.4. The van der Waals surface area contributed by atoms with E-state index in [1.165, 1.54) is 11.1 Å². The molecule has 2 rings (SSSR count). The van der Waals surface area contributed by atoms with Crippen molar-refractivity contribution in [2.24, 2.45) is 11.0 Å². The van der Waals surface area contributed by atoms with Gasteiger partial charge in [-0.05, 0) is 72.8 Å². The fourth-order valence-electron chi connectivity index (χ4n) is 3.03. The lowest BCUT2D eigenvalue weighted by atomic mass is 10.1. The zero-order chi connectivity index (χ0) is 18.7. The van der Waals surface area contributed by atoms with Crippen molar-refractivity contribution in [3.05, 3.63) is 50.8 Å². The van der Waals surface area contributed by atoms with Crippen molar-refractivity contribution in [3.63, 3.8) is 0 Å². The summed E-state index contributed by atoms with van der Waals surface area (Å²) in [6.45, 7) is 12.4. The smallest absolute Gasteiger partial charge is 0.240 e. The highest BCUT2D eigenvalue weighted by Gasteiger charge is 2.16. The maximum atomic E-state index is 11.7. The molecule has 1 aromatic carbocycles. The second-order valence-corrected chi connectivity index (χ2v) is 7.76. The van der Waals surface area contributed by atoms with Gasteiger partial charge in [0.15, 0.2) is 0 Å². The van der Waals surface area contributed by atoms with Crippen LogP contribution in [0.3, 0.4) is 0 Å². The van der Waals surface area contributed by atoms with Gasteiger partial charge in [0.2, 0.25) is 5.91 Å². The van der Waals surface area contributed by atoms with Crippen molar-refractivity contribution in [1.82, 2.24) is 9.99 Å². The number of rotatable bonds is 5. The third-order valence-electron chi connectivity index (χ3n) is 4.06. The van der Waals surface area contributed by atoms with Gasteiger partial charge in [0.25, 0.3) is 0 Å². The molecular weight excluding hydrogens is 378 g/mol. The molecule has 0 aliphatic rings. The Labute approximate surface area is 158 Å². The number of carbonyl (C=O) groups is 1. The first-order valence-electron chi connectivity index (χ1n) is 8.48. The van der Waals surface area contributed by atoms with Crippen molar-refractivity contribution >= 4 is 28.1 Å². The van der Waals surface area contributed by atoms with Crippen molar-refractivity contribution in [1.29, 1.82) is 0 Å². The molecule has 0 radical (unpaired) electrons. The van der Waals surface area contributed by atoms with Gasteiger partial charge in [-0.3, -0.25) is 4.79 Å². The Morgan fingerprint density at radius 2 is 1.76 bits per heavy atom. The maximum Gasteiger partial charge on any atom is 0.240 e. The van der Waals surface area contributed by atoms with Crippen LogP contribution >= 0.6 is 15.9 Å². The van der Waals surface area contributed by atoms with Gasteiger partial charge in [0.05, 0.1) is 6.21 Å². The van der Waals surface area contributed by atoms with Crippen LogP contribution in [-0.2, 0) is 4.79 Å². The number of carbonyl (C=O) groups excluding carboxylic acids is 1. The molecule has 0 saturated carbocycles. The Morgan fingerprint density at radius 1 is 1.16 bits per heavy atom. The number of halogens is 1. The normalized spacial score (nSPS) is 11.5. The number of aromatic nitrogens is 1. The van der Waals surface area contributed by atoms with Gasteiger partial charge in [-0.25, -0.2) is 5.43 Å². The predicted octanol–water partition coefficient (Wildman–Crippen LogP) is 4.97. The highest BCUT2D eigenvalue weighted by molar-refractivity contribution is 9.10. The molecule has 25 heavy (non-hydrogen) atoms. The number of hydrazone groups is 1. The predicted molar refractivity (Wildman–Crippen MR) is 108 cm³/mol. The van der Waals surface area contributed by atoms with E-state index in [4.69, 9.17) is 0 Å². The summed E-state index contributed by atoms with van der Waals surface area (Å²) in [5, 5.41) is 4.13. The summed E-state index contributed by atoms with van der Waals surface area (Å²) in [5.41, 5.74) is 9.36. The largest absolute Gasteiger partial charge is 0.317 e. The van der Waals surface area contributed by atoms with E-state index in [9.17, 15) is 4.79 Å². The van der Waals surface area contributed by atoms with Gasteiger partial charge >= 0.3 is 0 Å². The van der Waals surface area contributed by atoms with E-state index in [1.807, 2.05) is 13.8 Å². The average molecular weight is 404 g/mol. The summed E-state index contributed by atoms with van der Waals surface area (Å²) >= 11 is 3.67. The molecule has 0 atom stereocenters. The number of aryl methyl sites for hydroxylation is 2. The summed E-state index contributed by atoms with van der Waals surface area (Å²) in [6.07, 6.45) is 2.18. The molecule has 0 saturated heterocycles. The molecule has 5 heteroatoms. The maximum absolute atomic E-state index is 11.7. The molecule has 4 nitrogen and oxygen atoms in total. The van der Waals surface area contributed by atoms with Gasteiger partial charge in [0.1, 0.15) is 0 Å². The zero-order valence-electron chi connectivity index (χ0n) is 15.8. The molecule has 1 aromatic heterocycles. The van der Waals surface area contributed by atoms with Crippen LogP contribution in [0.2, 0.25) is 0 Å². The van der Waals surface area contributed by atoms with E-state index >= 15 is 0 Å². The average Bonchev–Trinajstić information content (AvgIpc) is 2.69. The Morgan fingerprint density at radius 3 is 2.32 bits per heavy atom. The summed E-state index contributed by atoms with van der Waals surface area (Å²) in [6, 6.07) is 6.51. The number of benzene rings is 1. The number of nitrogens with zero attached hydrogens (tertiary/aromatic N) is 2. The fraction of sp³-hybridized carbons (Fsp3) is 0.400. The summed E-state index contributed by atoms with van der Waals surface area (Å²) < 4.78 is 3.20. The van der Waals surface area contributed by atoms with E-state index in [2.05, 4.69) is 76.9 Å².